The van der Waals surface area contributed by atoms with Crippen molar-refractivity contribution in [2.75, 3.05) is 12.3 Å². The summed E-state index contributed by atoms with van der Waals surface area (Å²) in [6.07, 6.45) is 1.17. The van der Waals surface area contributed by atoms with E-state index in [1.807, 2.05) is 4.98 Å². The van der Waals surface area contributed by atoms with Crippen molar-refractivity contribution in [2.45, 2.75) is 6.42 Å². The highest BCUT2D eigenvalue weighted by atomic mass is 16.5. The molecule has 0 bridgehead atoms. The Balaban J connectivity index is 1.71. The number of carbonyl (C=O) groups excluding carboxylic acids is 2. The minimum atomic E-state index is -0.947. The molecule has 0 saturated heterocycles. The first-order valence-corrected chi connectivity index (χ1v) is 7.74. The van der Waals surface area contributed by atoms with E-state index in [0.717, 1.165) is 4.57 Å². The number of aromatic hydroxyl groups is 1. The number of hydrogen-bond donors (Lipinski definition) is 3. The van der Waals surface area contributed by atoms with Gasteiger partial charge in [0.1, 0.15) is 22.7 Å². The van der Waals surface area contributed by atoms with Gasteiger partial charge in [0.25, 0.3) is 5.56 Å². The molecule has 27 heavy (non-hydrogen) atoms. The normalized spacial score (nSPS) is 10.9. The Bertz CT molecular complexity index is 1170. The zero-order chi connectivity index (χ0) is 19.7. The van der Waals surface area contributed by atoms with E-state index in [1.165, 1.54) is 25.4 Å². The molecule has 0 saturated carbocycles. The Morgan fingerprint density at radius 2 is 2.07 bits per heavy atom. The molecule has 0 fully saturated rings. The molecule has 0 aliphatic carbocycles. The standard InChI is InChI=1S/C17H15N3O7/c1-20-15(18)14(16(24)19-17(20)25)11(22)7-27-13(23)4-8-6-26-12-5-9(21)2-3-10(8)12/h2-3,5-6,21H,4,7,18H2,1H3,(H,19,24,25). The van der Waals surface area contributed by atoms with Gasteiger partial charge < -0.3 is 20.0 Å². The summed E-state index contributed by atoms with van der Waals surface area (Å²) in [7, 11) is 1.29. The zero-order valence-electron chi connectivity index (χ0n) is 14.1. The van der Waals surface area contributed by atoms with Gasteiger partial charge >= 0.3 is 11.7 Å². The van der Waals surface area contributed by atoms with E-state index in [2.05, 4.69) is 0 Å². The van der Waals surface area contributed by atoms with Gasteiger partial charge in [0, 0.05) is 24.1 Å². The Kier molecular flexibility index (Phi) is 4.55. The number of aromatic nitrogens is 2. The van der Waals surface area contributed by atoms with Crippen molar-refractivity contribution < 1.29 is 23.8 Å². The summed E-state index contributed by atoms with van der Waals surface area (Å²) >= 11 is 0. The van der Waals surface area contributed by atoms with E-state index in [1.54, 1.807) is 6.07 Å². The largest absolute Gasteiger partial charge is 0.508 e. The quantitative estimate of drug-likeness (QED) is 0.419. The second-order valence-electron chi connectivity index (χ2n) is 5.78. The Hall–Kier alpha value is -3.82. The fraction of sp³-hybridized carbons (Fsp3) is 0.176. The Morgan fingerprint density at radius 1 is 1.33 bits per heavy atom. The predicted octanol–water partition coefficient (Wildman–Crippen LogP) is 0.0762. The number of aromatic amines is 1. The molecule has 0 aliphatic heterocycles. The summed E-state index contributed by atoms with van der Waals surface area (Å²) in [5.74, 6) is -1.85. The molecule has 0 spiro atoms. The maximum absolute atomic E-state index is 12.2. The number of carbonyl (C=O) groups is 2. The molecule has 3 rings (SSSR count). The minimum absolute atomic E-state index is 0.0247. The van der Waals surface area contributed by atoms with Crippen LogP contribution in [0.4, 0.5) is 5.82 Å². The molecule has 140 valence electrons. The number of H-pyrrole nitrogens is 1. The summed E-state index contributed by atoms with van der Waals surface area (Å²) in [5.41, 5.74) is 4.38. The number of nitrogen functional groups attached to an aromatic ring is 1. The summed E-state index contributed by atoms with van der Waals surface area (Å²) in [4.78, 5) is 49.3. The van der Waals surface area contributed by atoms with Gasteiger partial charge in [-0.1, -0.05) is 0 Å². The number of rotatable bonds is 5. The number of benzene rings is 1. The van der Waals surface area contributed by atoms with Crippen LogP contribution in [-0.4, -0.2) is 33.0 Å². The topological polar surface area (TPSA) is 158 Å². The fourth-order valence-electron chi connectivity index (χ4n) is 2.54. The van der Waals surface area contributed by atoms with Crippen molar-refractivity contribution in [2.24, 2.45) is 7.05 Å². The lowest BCUT2D eigenvalue weighted by Gasteiger charge is -2.08. The third-order valence-electron chi connectivity index (χ3n) is 3.99. The number of Topliss-reactive ketones (excluding diaryl/α,β-unsaturated/α-hetero) is 1. The van der Waals surface area contributed by atoms with Gasteiger partial charge in [-0.05, 0) is 12.1 Å². The smallest absolute Gasteiger partial charge is 0.329 e. The molecule has 2 heterocycles. The number of hydrogen-bond acceptors (Lipinski definition) is 8. The average molecular weight is 373 g/mol. The van der Waals surface area contributed by atoms with Crippen molar-refractivity contribution in [3.05, 3.63) is 56.4 Å². The molecule has 0 radical (unpaired) electrons. The number of phenolic OH excluding ortho intramolecular Hbond substituents is 1. The number of esters is 1. The molecule has 10 nitrogen and oxygen atoms in total. The fourth-order valence-corrected chi connectivity index (χ4v) is 2.54. The summed E-state index contributed by atoms with van der Waals surface area (Å²) in [6.45, 7) is -0.707. The van der Waals surface area contributed by atoms with Crippen LogP contribution in [0.25, 0.3) is 11.0 Å². The first-order chi connectivity index (χ1) is 12.8. The van der Waals surface area contributed by atoms with Crippen molar-refractivity contribution in [3.8, 4) is 5.75 Å². The van der Waals surface area contributed by atoms with E-state index >= 15 is 0 Å². The molecule has 1 aromatic carbocycles. The van der Waals surface area contributed by atoms with Crippen molar-refractivity contribution in [1.29, 1.82) is 0 Å². The third-order valence-corrected chi connectivity index (χ3v) is 3.99. The van der Waals surface area contributed by atoms with Gasteiger partial charge in [0.2, 0.25) is 5.78 Å². The molecule has 0 aliphatic rings. The highest BCUT2D eigenvalue weighted by molar-refractivity contribution is 6.01. The van der Waals surface area contributed by atoms with Crippen LogP contribution in [-0.2, 0) is 23.0 Å². The maximum atomic E-state index is 12.2. The number of furan rings is 1. The van der Waals surface area contributed by atoms with Gasteiger partial charge in [-0.25, -0.2) is 4.79 Å². The number of phenols is 1. The molecule has 4 N–H and O–H groups in total. The van der Waals surface area contributed by atoms with Crippen LogP contribution in [0.3, 0.4) is 0 Å². The number of nitrogens with two attached hydrogens (primary N) is 1. The van der Waals surface area contributed by atoms with Crippen LogP contribution >= 0.6 is 0 Å². The van der Waals surface area contributed by atoms with Crippen LogP contribution in [0, 0.1) is 0 Å². The highest BCUT2D eigenvalue weighted by Gasteiger charge is 2.20. The second-order valence-corrected chi connectivity index (χ2v) is 5.78. The number of anilines is 1. The number of ketones is 1. The van der Waals surface area contributed by atoms with Crippen molar-refractivity contribution >= 4 is 28.5 Å². The Labute approximate surface area is 150 Å². The summed E-state index contributed by atoms with van der Waals surface area (Å²) in [6, 6.07) is 4.44. The number of fused-ring (bicyclic) bond motifs is 1. The zero-order valence-corrected chi connectivity index (χ0v) is 14.1. The first-order valence-electron chi connectivity index (χ1n) is 7.74. The lowest BCUT2D eigenvalue weighted by molar-refractivity contribution is -0.141. The monoisotopic (exact) mass is 373 g/mol. The van der Waals surface area contributed by atoms with Crippen LogP contribution in [0.1, 0.15) is 15.9 Å². The van der Waals surface area contributed by atoms with E-state index < -0.39 is 35.2 Å². The van der Waals surface area contributed by atoms with E-state index in [-0.39, 0.29) is 18.0 Å². The van der Waals surface area contributed by atoms with Gasteiger partial charge in [-0.2, -0.15) is 0 Å². The lowest BCUT2D eigenvalue weighted by Crippen LogP contribution is -2.35. The summed E-state index contributed by atoms with van der Waals surface area (Å²) in [5, 5.41) is 10.0. The van der Waals surface area contributed by atoms with Gasteiger partial charge in [-0.15, -0.1) is 0 Å². The van der Waals surface area contributed by atoms with Crippen molar-refractivity contribution in [3.63, 3.8) is 0 Å². The molecular weight excluding hydrogens is 358 g/mol. The first kappa shape index (κ1) is 18.0. The lowest BCUT2D eigenvalue weighted by atomic mass is 10.1. The molecule has 10 heteroatoms. The number of ether oxygens (including phenoxy) is 1. The molecular formula is C17H15N3O7. The number of nitrogens with one attached hydrogen (secondary N) is 1. The minimum Gasteiger partial charge on any atom is -0.508 e. The third kappa shape index (κ3) is 3.45. The van der Waals surface area contributed by atoms with Gasteiger partial charge in [-0.3, -0.25) is 23.9 Å². The molecule has 0 atom stereocenters. The average Bonchev–Trinajstić information content (AvgIpc) is 2.99. The second kappa shape index (κ2) is 6.83. The number of nitrogens with zero attached hydrogens (tertiary/aromatic N) is 1. The maximum Gasteiger partial charge on any atom is 0.329 e. The van der Waals surface area contributed by atoms with E-state index in [0.29, 0.717) is 16.5 Å². The summed E-state index contributed by atoms with van der Waals surface area (Å²) < 4.78 is 11.1. The van der Waals surface area contributed by atoms with Crippen LogP contribution in [0.5, 0.6) is 5.75 Å². The van der Waals surface area contributed by atoms with E-state index in [4.69, 9.17) is 14.9 Å². The van der Waals surface area contributed by atoms with Crippen LogP contribution in [0.15, 0.2) is 38.5 Å². The molecule has 2 aromatic heterocycles. The Morgan fingerprint density at radius 3 is 2.81 bits per heavy atom. The van der Waals surface area contributed by atoms with E-state index in [9.17, 15) is 24.3 Å². The molecule has 0 amide bonds. The van der Waals surface area contributed by atoms with Crippen LogP contribution < -0.4 is 17.0 Å². The van der Waals surface area contributed by atoms with Crippen LogP contribution in [0.2, 0.25) is 0 Å². The predicted molar refractivity (Wildman–Crippen MR) is 93.6 cm³/mol. The van der Waals surface area contributed by atoms with Gasteiger partial charge in [0.05, 0.1) is 12.7 Å². The SMILES string of the molecule is Cn1c(N)c(C(=O)COC(=O)Cc2coc3cc(O)ccc23)c(=O)[nH]c1=O. The molecule has 3 aromatic rings. The van der Waals surface area contributed by atoms with Crippen molar-refractivity contribution in [1.82, 2.24) is 9.55 Å². The molecule has 0 unspecified atom stereocenters. The highest BCUT2D eigenvalue weighted by Crippen LogP contribution is 2.25. The van der Waals surface area contributed by atoms with Gasteiger partial charge in [0.15, 0.2) is 6.61 Å².